The summed E-state index contributed by atoms with van der Waals surface area (Å²) < 4.78 is 13.3. The molecule has 29 heavy (non-hydrogen) atoms. The number of rotatable bonds is 3. The second kappa shape index (κ2) is 6.26. The summed E-state index contributed by atoms with van der Waals surface area (Å²) >= 11 is 0. The molecular weight excluding hydrogens is 376 g/mol. The number of aliphatic hydroxyl groups excluding tert-OH is 2. The second-order valence-corrected chi connectivity index (χ2v) is 7.44. The zero-order chi connectivity index (χ0) is 20.3. The van der Waals surface area contributed by atoms with Gasteiger partial charge < -0.3 is 34.8 Å². The molecule has 9 nitrogen and oxygen atoms in total. The van der Waals surface area contributed by atoms with Gasteiger partial charge in [0.25, 0.3) is 0 Å². The van der Waals surface area contributed by atoms with Crippen LogP contribution in [0.5, 0.6) is 0 Å². The molecule has 4 atom stereocenters. The van der Waals surface area contributed by atoms with Crippen LogP contribution >= 0.6 is 0 Å². The molecule has 0 saturated carbocycles. The predicted molar refractivity (Wildman–Crippen MR) is 105 cm³/mol. The number of anilines is 1. The highest BCUT2D eigenvalue weighted by Crippen LogP contribution is 2.43. The fourth-order valence-electron chi connectivity index (χ4n) is 3.98. The van der Waals surface area contributed by atoms with E-state index >= 15 is 0 Å². The number of benzene rings is 1. The quantitative estimate of drug-likeness (QED) is 0.408. The van der Waals surface area contributed by atoms with Crippen LogP contribution in [0.3, 0.4) is 0 Å². The van der Waals surface area contributed by atoms with E-state index in [2.05, 4.69) is 9.97 Å². The highest BCUT2D eigenvalue weighted by atomic mass is 16.6. The highest BCUT2D eigenvalue weighted by Gasteiger charge is 2.53. The lowest BCUT2D eigenvalue weighted by atomic mass is 9.96. The van der Waals surface area contributed by atoms with Crippen LogP contribution in [0.4, 0.5) is 5.82 Å². The van der Waals surface area contributed by atoms with Crippen LogP contribution in [0.25, 0.3) is 33.3 Å². The molecule has 0 unspecified atom stereocenters. The Morgan fingerprint density at radius 1 is 1.28 bits per heavy atom. The first-order valence-electron chi connectivity index (χ1n) is 9.18. The molecule has 0 spiro atoms. The van der Waals surface area contributed by atoms with Gasteiger partial charge in [0.1, 0.15) is 46.9 Å². The number of aliphatic hydroxyl groups is 3. The van der Waals surface area contributed by atoms with Crippen LogP contribution in [0.1, 0.15) is 13.2 Å². The van der Waals surface area contributed by atoms with Crippen LogP contribution < -0.4 is 5.73 Å². The number of nitrogen functional groups attached to an aromatic ring is 1. The van der Waals surface area contributed by atoms with Crippen molar-refractivity contribution in [2.75, 3.05) is 12.3 Å². The van der Waals surface area contributed by atoms with Gasteiger partial charge in [-0.25, -0.2) is 9.97 Å². The first-order chi connectivity index (χ1) is 13.9. The minimum atomic E-state index is -1.66. The largest absolute Gasteiger partial charge is 0.456 e. The number of para-hydroxylation sites is 1. The molecule has 1 saturated heterocycles. The van der Waals surface area contributed by atoms with E-state index in [0.717, 1.165) is 11.0 Å². The lowest BCUT2D eigenvalue weighted by Gasteiger charge is -2.27. The molecular formula is C20H20N4O5. The smallest absolute Gasteiger partial charge is 0.167 e. The molecule has 5 rings (SSSR count). The number of hydrogen-bond acceptors (Lipinski definition) is 8. The summed E-state index contributed by atoms with van der Waals surface area (Å²) in [5.74, 6) is 0.814. The Morgan fingerprint density at radius 2 is 2.07 bits per heavy atom. The van der Waals surface area contributed by atoms with Crippen LogP contribution in [-0.2, 0) is 4.74 Å². The molecule has 150 valence electrons. The highest BCUT2D eigenvalue weighted by molar-refractivity contribution is 6.01. The molecule has 4 heterocycles. The molecule has 1 aromatic carbocycles. The predicted octanol–water partition coefficient (Wildman–Crippen LogP) is 1.43. The third-order valence-corrected chi connectivity index (χ3v) is 5.52. The minimum Gasteiger partial charge on any atom is -0.456 e. The van der Waals surface area contributed by atoms with Crippen LogP contribution in [0.2, 0.25) is 0 Å². The average molecular weight is 396 g/mol. The molecule has 0 radical (unpaired) electrons. The summed E-state index contributed by atoms with van der Waals surface area (Å²) in [6.07, 6.45) is -0.172. The molecule has 1 aliphatic heterocycles. The molecule has 1 aliphatic rings. The van der Waals surface area contributed by atoms with E-state index in [1.807, 2.05) is 30.3 Å². The normalized spacial score (nSPS) is 27.2. The topological polar surface area (TPSA) is 140 Å². The second-order valence-electron chi connectivity index (χ2n) is 7.44. The monoisotopic (exact) mass is 396 g/mol. The number of nitrogens with zero attached hydrogens (tertiary/aromatic N) is 3. The van der Waals surface area contributed by atoms with Gasteiger partial charge in [-0.15, -0.1) is 0 Å². The van der Waals surface area contributed by atoms with Crippen molar-refractivity contribution in [3.63, 3.8) is 0 Å². The maximum absolute atomic E-state index is 10.9. The summed E-state index contributed by atoms with van der Waals surface area (Å²) in [4.78, 5) is 8.41. The Hall–Kier alpha value is -2.98. The van der Waals surface area contributed by atoms with Gasteiger partial charge in [0.05, 0.1) is 12.0 Å². The number of fused-ring (bicyclic) bond motifs is 2. The zero-order valence-electron chi connectivity index (χ0n) is 15.6. The Morgan fingerprint density at radius 3 is 2.79 bits per heavy atom. The maximum atomic E-state index is 10.9. The first kappa shape index (κ1) is 18.1. The summed E-state index contributed by atoms with van der Waals surface area (Å²) in [7, 11) is 0. The molecule has 0 bridgehead atoms. The third-order valence-electron chi connectivity index (χ3n) is 5.52. The number of furan rings is 1. The number of aromatic nitrogens is 3. The zero-order valence-corrected chi connectivity index (χ0v) is 15.6. The van der Waals surface area contributed by atoms with Gasteiger partial charge in [0.2, 0.25) is 0 Å². The Labute approximate surface area is 165 Å². The van der Waals surface area contributed by atoms with E-state index in [1.54, 1.807) is 10.8 Å². The SMILES string of the molecule is C[C@@]1(O)[C@H](O)[C@@H](CO)O[C@H]1n1cc(-c2cc3ccccc3o2)c2c(N)ncnc21. The summed E-state index contributed by atoms with van der Waals surface area (Å²) in [5.41, 5.74) is 6.26. The van der Waals surface area contributed by atoms with Crippen molar-refractivity contribution in [1.82, 2.24) is 14.5 Å². The lowest BCUT2D eigenvalue weighted by Crippen LogP contribution is -2.44. The van der Waals surface area contributed by atoms with Gasteiger partial charge >= 0.3 is 0 Å². The molecule has 3 aromatic heterocycles. The molecule has 1 fully saturated rings. The summed E-state index contributed by atoms with van der Waals surface area (Å²) in [6, 6.07) is 9.50. The standard InChI is InChI=1S/C20H20N4O5/c1-20(27)16(26)14(8-25)29-19(20)24-7-11(15-17(21)22-9-23-18(15)24)13-6-10-4-2-3-5-12(10)28-13/h2-7,9,14,16,19,25-27H,8H2,1H3,(H2,21,22,23)/t14-,16-,19-,20-/m1/s1. The number of hydrogen-bond donors (Lipinski definition) is 4. The van der Waals surface area contributed by atoms with Gasteiger partial charge in [-0.05, 0) is 19.1 Å². The average Bonchev–Trinajstić information content (AvgIpc) is 3.35. The lowest BCUT2D eigenvalue weighted by molar-refractivity contribution is -0.0948. The number of ether oxygens (including phenoxy) is 1. The fourth-order valence-corrected chi connectivity index (χ4v) is 3.98. The maximum Gasteiger partial charge on any atom is 0.167 e. The van der Waals surface area contributed by atoms with Crippen LogP contribution in [0.15, 0.2) is 47.3 Å². The van der Waals surface area contributed by atoms with Gasteiger partial charge in [0.15, 0.2) is 6.23 Å². The van der Waals surface area contributed by atoms with Crippen molar-refractivity contribution >= 4 is 27.8 Å². The van der Waals surface area contributed by atoms with Crippen molar-refractivity contribution in [2.45, 2.75) is 31.0 Å². The molecule has 4 aromatic rings. The Balaban J connectivity index is 1.73. The van der Waals surface area contributed by atoms with E-state index in [4.69, 9.17) is 14.9 Å². The Bertz CT molecular complexity index is 1180. The van der Waals surface area contributed by atoms with Gasteiger partial charge in [0, 0.05) is 17.1 Å². The van der Waals surface area contributed by atoms with Crippen molar-refractivity contribution in [1.29, 1.82) is 0 Å². The minimum absolute atomic E-state index is 0.251. The van der Waals surface area contributed by atoms with Crippen molar-refractivity contribution in [3.8, 4) is 11.3 Å². The molecule has 9 heteroatoms. The van der Waals surface area contributed by atoms with Crippen LogP contribution in [-0.4, -0.2) is 54.3 Å². The number of nitrogens with two attached hydrogens (primary N) is 1. The van der Waals surface area contributed by atoms with Crippen molar-refractivity contribution < 1.29 is 24.5 Å². The summed E-state index contributed by atoms with van der Waals surface area (Å²) in [6.45, 7) is 1.02. The fraction of sp³-hybridized carbons (Fsp3) is 0.300. The molecule has 0 aliphatic carbocycles. The van der Waals surface area contributed by atoms with Gasteiger partial charge in [-0.1, -0.05) is 18.2 Å². The van der Waals surface area contributed by atoms with E-state index in [-0.39, 0.29) is 5.82 Å². The first-order valence-corrected chi connectivity index (χ1v) is 9.18. The van der Waals surface area contributed by atoms with Crippen molar-refractivity contribution in [3.05, 3.63) is 42.9 Å². The molecule has 0 amide bonds. The molecule has 5 N–H and O–H groups in total. The third kappa shape index (κ3) is 2.56. The van der Waals surface area contributed by atoms with Gasteiger partial charge in [-0.2, -0.15) is 0 Å². The Kier molecular flexibility index (Phi) is 3.90. The van der Waals surface area contributed by atoms with Crippen molar-refractivity contribution in [2.24, 2.45) is 0 Å². The van der Waals surface area contributed by atoms with E-state index in [9.17, 15) is 15.3 Å². The van der Waals surface area contributed by atoms with E-state index < -0.39 is 30.6 Å². The summed E-state index contributed by atoms with van der Waals surface area (Å²) in [5, 5.41) is 32.2. The van der Waals surface area contributed by atoms with Gasteiger partial charge in [-0.3, -0.25) is 0 Å². The van der Waals surface area contributed by atoms with Crippen LogP contribution in [0, 0.1) is 0 Å². The van der Waals surface area contributed by atoms with E-state index in [0.29, 0.717) is 22.4 Å². The van der Waals surface area contributed by atoms with E-state index in [1.165, 1.54) is 13.3 Å².